The molecule has 0 atom stereocenters. The van der Waals surface area contributed by atoms with Crippen molar-refractivity contribution in [1.82, 2.24) is 10.3 Å². The quantitative estimate of drug-likeness (QED) is 0.790. The van der Waals surface area contributed by atoms with E-state index in [1.165, 1.54) is 0 Å². The Labute approximate surface area is 113 Å². The Hall–Kier alpha value is -1.91. The van der Waals surface area contributed by atoms with Gasteiger partial charge in [-0.3, -0.25) is 14.6 Å². The number of hydrogen-bond acceptors (Lipinski definition) is 3. The minimum atomic E-state index is -0.786. The third kappa shape index (κ3) is 5.99. The number of aromatic nitrogens is 1. The van der Waals surface area contributed by atoms with Crippen LogP contribution in [-0.4, -0.2) is 28.5 Å². The average Bonchev–Trinajstić information content (AvgIpc) is 2.37. The summed E-state index contributed by atoms with van der Waals surface area (Å²) in [6.07, 6.45) is 3.06. The number of amides is 1. The first-order valence-corrected chi connectivity index (χ1v) is 6.32. The lowest BCUT2D eigenvalue weighted by Gasteiger charge is -2.23. The van der Waals surface area contributed by atoms with Crippen LogP contribution in [0.25, 0.3) is 0 Å². The van der Waals surface area contributed by atoms with Gasteiger partial charge in [0, 0.05) is 19.2 Å². The summed E-state index contributed by atoms with van der Waals surface area (Å²) < 4.78 is 0. The van der Waals surface area contributed by atoms with E-state index in [4.69, 9.17) is 5.11 Å². The third-order valence-corrected chi connectivity index (χ3v) is 3.00. The third-order valence-electron chi connectivity index (χ3n) is 3.00. The lowest BCUT2D eigenvalue weighted by molar-refractivity contribution is -0.137. The maximum Gasteiger partial charge on any atom is 0.303 e. The summed E-state index contributed by atoms with van der Waals surface area (Å²) in [5.41, 5.74) is 0.293. The number of nitrogens with one attached hydrogen (secondary N) is 1. The molecule has 0 fully saturated rings. The van der Waals surface area contributed by atoms with Gasteiger partial charge in [-0.25, -0.2) is 0 Å². The molecule has 0 aliphatic heterocycles. The molecule has 5 nitrogen and oxygen atoms in total. The van der Waals surface area contributed by atoms with Crippen LogP contribution in [0.2, 0.25) is 0 Å². The van der Waals surface area contributed by atoms with Crippen LogP contribution in [0.4, 0.5) is 0 Å². The maximum absolute atomic E-state index is 11.7. The van der Waals surface area contributed by atoms with E-state index >= 15 is 0 Å². The highest BCUT2D eigenvalue weighted by Gasteiger charge is 2.19. The molecule has 1 heterocycles. The zero-order valence-electron chi connectivity index (χ0n) is 11.3. The molecule has 0 radical (unpaired) electrons. The predicted octanol–water partition coefficient (Wildman–Crippen LogP) is 2.09. The van der Waals surface area contributed by atoms with Crippen molar-refractivity contribution < 1.29 is 14.7 Å². The Balaban J connectivity index is 2.33. The van der Waals surface area contributed by atoms with Crippen LogP contribution in [0.1, 0.15) is 43.6 Å². The summed E-state index contributed by atoms with van der Waals surface area (Å²) >= 11 is 0. The lowest BCUT2D eigenvalue weighted by atomic mass is 9.84. The van der Waals surface area contributed by atoms with Gasteiger partial charge in [-0.05, 0) is 30.4 Å². The molecule has 1 amide bonds. The first-order chi connectivity index (χ1) is 8.91. The molecular weight excluding hydrogens is 244 g/mol. The van der Waals surface area contributed by atoms with E-state index in [0.717, 1.165) is 6.42 Å². The van der Waals surface area contributed by atoms with Gasteiger partial charge in [0.25, 0.3) is 5.91 Å². The summed E-state index contributed by atoms with van der Waals surface area (Å²) in [4.78, 5) is 26.2. The summed E-state index contributed by atoms with van der Waals surface area (Å²) in [5, 5.41) is 11.5. The Morgan fingerprint density at radius 3 is 2.63 bits per heavy atom. The summed E-state index contributed by atoms with van der Waals surface area (Å²) in [7, 11) is 0. The number of aliphatic carboxylic acids is 1. The molecule has 1 aromatic rings. The summed E-state index contributed by atoms with van der Waals surface area (Å²) in [6, 6.07) is 5.18. The van der Waals surface area contributed by atoms with Crippen molar-refractivity contribution in [2.24, 2.45) is 5.41 Å². The number of rotatable bonds is 7. The molecule has 5 heteroatoms. The van der Waals surface area contributed by atoms with Gasteiger partial charge in [-0.1, -0.05) is 19.9 Å². The van der Waals surface area contributed by atoms with E-state index in [0.29, 0.717) is 18.7 Å². The standard InChI is InChI=1S/C14H20N2O3/c1-14(2,7-6-12(17)18)8-10-16-13(19)11-5-3-4-9-15-11/h3-5,9H,6-8,10H2,1-2H3,(H,16,19)(H,17,18). The molecule has 0 bridgehead atoms. The fourth-order valence-corrected chi connectivity index (χ4v) is 1.67. The van der Waals surface area contributed by atoms with Crippen molar-refractivity contribution in [1.29, 1.82) is 0 Å². The van der Waals surface area contributed by atoms with Crippen LogP contribution in [-0.2, 0) is 4.79 Å². The van der Waals surface area contributed by atoms with Crippen LogP contribution in [0.5, 0.6) is 0 Å². The van der Waals surface area contributed by atoms with E-state index in [1.807, 2.05) is 13.8 Å². The lowest BCUT2D eigenvalue weighted by Crippen LogP contribution is -2.29. The van der Waals surface area contributed by atoms with Gasteiger partial charge in [-0.2, -0.15) is 0 Å². The highest BCUT2D eigenvalue weighted by atomic mass is 16.4. The Bertz CT molecular complexity index is 430. The van der Waals surface area contributed by atoms with Crippen molar-refractivity contribution in [3.63, 3.8) is 0 Å². The summed E-state index contributed by atoms with van der Waals surface area (Å²) in [6.45, 7) is 4.52. The molecule has 0 saturated carbocycles. The molecule has 19 heavy (non-hydrogen) atoms. The van der Waals surface area contributed by atoms with Gasteiger partial charge in [0.2, 0.25) is 0 Å². The average molecular weight is 264 g/mol. The van der Waals surface area contributed by atoms with Crippen molar-refractivity contribution >= 4 is 11.9 Å². The Morgan fingerprint density at radius 1 is 1.32 bits per heavy atom. The predicted molar refractivity (Wildman–Crippen MR) is 71.8 cm³/mol. The Kier molecular flexibility index (Phi) is 5.48. The van der Waals surface area contributed by atoms with Crippen LogP contribution >= 0.6 is 0 Å². The minimum Gasteiger partial charge on any atom is -0.481 e. The fourth-order valence-electron chi connectivity index (χ4n) is 1.67. The number of hydrogen-bond donors (Lipinski definition) is 2. The zero-order valence-corrected chi connectivity index (χ0v) is 11.3. The van der Waals surface area contributed by atoms with Gasteiger partial charge in [0.1, 0.15) is 5.69 Å². The van der Waals surface area contributed by atoms with Crippen LogP contribution < -0.4 is 5.32 Å². The van der Waals surface area contributed by atoms with Gasteiger partial charge < -0.3 is 10.4 Å². The minimum absolute atomic E-state index is 0.101. The van der Waals surface area contributed by atoms with Crippen LogP contribution in [0.3, 0.4) is 0 Å². The molecule has 2 N–H and O–H groups in total. The first-order valence-electron chi connectivity index (χ1n) is 6.32. The molecule has 0 aliphatic carbocycles. The van der Waals surface area contributed by atoms with Gasteiger partial charge in [0.15, 0.2) is 0 Å². The molecule has 0 aliphatic rings. The van der Waals surface area contributed by atoms with Crippen molar-refractivity contribution in [3.05, 3.63) is 30.1 Å². The first kappa shape index (κ1) is 15.1. The van der Waals surface area contributed by atoms with E-state index in [2.05, 4.69) is 10.3 Å². The number of carboxylic acids is 1. The van der Waals surface area contributed by atoms with E-state index < -0.39 is 5.97 Å². The fraction of sp³-hybridized carbons (Fsp3) is 0.500. The van der Waals surface area contributed by atoms with Crippen molar-refractivity contribution in [2.45, 2.75) is 33.1 Å². The normalized spacial score (nSPS) is 11.1. The molecule has 1 rings (SSSR count). The highest BCUT2D eigenvalue weighted by Crippen LogP contribution is 2.25. The number of pyridine rings is 1. The maximum atomic E-state index is 11.7. The number of carbonyl (C=O) groups excluding carboxylic acids is 1. The zero-order chi connectivity index (χ0) is 14.3. The number of carboxylic acid groups (broad SMARTS) is 1. The molecular formula is C14H20N2O3. The molecule has 1 aromatic heterocycles. The topological polar surface area (TPSA) is 79.3 Å². The smallest absolute Gasteiger partial charge is 0.303 e. The molecule has 104 valence electrons. The van der Waals surface area contributed by atoms with Crippen LogP contribution in [0, 0.1) is 5.41 Å². The second kappa shape index (κ2) is 6.87. The highest BCUT2D eigenvalue weighted by molar-refractivity contribution is 5.92. The molecule has 0 saturated heterocycles. The van der Waals surface area contributed by atoms with Crippen molar-refractivity contribution in [2.75, 3.05) is 6.54 Å². The van der Waals surface area contributed by atoms with Crippen LogP contribution in [0.15, 0.2) is 24.4 Å². The largest absolute Gasteiger partial charge is 0.481 e. The monoisotopic (exact) mass is 264 g/mol. The van der Waals surface area contributed by atoms with E-state index in [9.17, 15) is 9.59 Å². The summed E-state index contributed by atoms with van der Waals surface area (Å²) in [5.74, 6) is -0.986. The number of nitrogens with zero attached hydrogens (tertiary/aromatic N) is 1. The SMILES string of the molecule is CC(C)(CCNC(=O)c1ccccn1)CCC(=O)O. The van der Waals surface area contributed by atoms with E-state index in [-0.39, 0.29) is 17.7 Å². The Morgan fingerprint density at radius 2 is 2.05 bits per heavy atom. The number of carbonyl (C=O) groups is 2. The molecule has 0 aromatic carbocycles. The van der Waals surface area contributed by atoms with E-state index in [1.54, 1.807) is 24.4 Å². The van der Waals surface area contributed by atoms with Crippen molar-refractivity contribution in [3.8, 4) is 0 Å². The van der Waals surface area contributed by atoms with Gasteiger partial charge in [0.05, 0.1) is 0 Å². The second-order valence-corrected chi connectivity index (χ2v) is 5.28. The molecule has 0 spiro atoms. The second-order valence-electron chi connectivity index (χ2n) is 5.28. The van der Waals surface area contributed by atoms with Gasteiger partial charge in [-0.15, -0.1) is 0 Å². The van der Waals surface area contributed by atoms with Gasteiger partial charge >= 0.3 is 5.97 Å². The molecule has 0 unspecified atom stereocenters.